The van der Waals surface area contributed by atoms with Gasteiger partial charge in [0.1, 0.15) is 25.5 Å². The lowest BCUT2D eigenvalue weighted by molar-refractivity contribution is 0.171. The lowest BCUT2D eigenvalue weighted by atomic mass is 10.2. The topological polar surface area (TPSA) is 75.2 Å². The fourth-order valence-electron chi connectivity index (χ4n) is 2.31. The summed E-state index contributed by atoms with van der Waals surface area (Å²) in [5, 5.41) is 12.6. The average molecular weight is 409 g/mol. The standard InChI is InChI=1S/C15H13BrN4O3S/c16-12-7-14-13(22-4-5-23-14)6-10(12)9-24-15-17-18-19-20(15)8-11-2-1-3-21-11/h1-3,6-7H,4-5,8-9H2. The van der Waals surface area contributed by atoms with Crippen LogP contribution in [0.1, 0.15) is 11.3 Å². The molecule has 1 aliphatic rings. The van der Waals surface area contributed by atoms with E-state index in [0.717, 1.165) is 32.5 Å². The van der Waals surface area contributed by atoms with E-state index in [9.17, 15) is 0 Å². The molecule has 124 valence electrons. The predicted molar refractivity (Wildman–Crippen MR) is 90.3 cm³/mol. The van der Waals surface area contributed by atoms with Crippen molar-refractivity contribution in [3.63, 3.8) is 0 Å². The summed E-state index contributed by atoms with van der Waals surface area (Å²) in [5.74, 6) is 3.06. The highest BCUT2D eigenvalue weighted by Crippen LogP contribution is 2.37. The fraction of sp³-hybridized carbons (Fsp3) is 0.267. The van der Waals surface area contributed by atoms with Crippen LogP contribution in [0.4, 0.5) is 0 Å². The lowest BCUT2D eigenvalue weighted by Gasteiger charge is -2.19. The maximum absolute atomic E-state index is 5.64. The quantitative estimate of drug-likeness (QED) is 0.600. The second kappa shape index (κ2) is 6.86. The van der Waals surface area contributed by atoms with E-state index >= 15 is 0 Å². The SMILES string of the molecule is Brc1cc2c(cc1CSc1nnnn1Cc1ccco1)OCCO2. The first-order chi connectivity index (χ1) is 11.8. The van der Waals surface area contributed by atoms with Crippen molar-refractivity contribution in [3.8, 4) is 11.5 Å². The number of halogens is 1. The fourth-order valence-corrected chi connectivity index (χ4v) is 3.82. The van der Waals surface area contributed by atoms with E-state index in [4.69, 9.17) is 13.9 Å². The van der Waals surface area contributed by atoms with Gasteiger partial charge in [0, 0.05) is 10.2 Å². The van der Waals surface area contributed by atoms with E-state index in [0.29, 0.717) is 25.5 Å². The number of tetrazole rings is 1. The minimum Gasteiger partial charge on any atom is -0.486 e. The third-order valence-corrected chi connectivity index (χ3v) is 5.20. The van der Waals surface area contributed by atoms with Crippen LogP contribution in [0.5, 0.6) is 11.5 Å². The van der Waals surface area contributed by atoms with Gasteiger partial charge in [-0.25, -0.2) is 4.68 Å². The second-order valence-electron chi connectivity index (χ2n) is 5.07. The zero-order chi connectivity index (χ0) is 16.4. The number of hydrogen-bond acceptors (Lipinski definition) is 7. The van der Waals surface area contributed by atoms with Gasteiger partial charge in [0.05, 0.1) is 6.26 Å². The summed E-state index contributed by atoms with van der Waals surface area (Å²) < 4.78 is 19.3. The van der Waals surface area contributed by atoms with Gasteiger partial charge in [-0.05, 0) is 40.3 Å². The van der Waals surface area contributed by atoms with Crippen molar-refractivity contribution in [1.29, 1.82) is 0 Å². The van der Waals surface area contributed by atoms with Crippen LogP contribution in [0.3, 0.4) is 0 Å². The predicted octanol–water partition coefficient (Wildman–Crippen LogP) is 3.14. The monoisotopic (exact) mass is 408 g/mol. The van der Waals surface area contributed by atoms with E-state index < -0.39 is 0 Å². The average Bonchev–Trinajstić information content (AvgIpc) is 3.25. The molecular weight excluding hydrogens is 396 g/mol. The van der Waals surface area contributed by atoms with Gasteiger partial charge in [-0.1, -0.05) is 27.7 Å². The van der Waals surface area contributed by atoms with Crippen LogP contribution in [-0.4, -0.2) is 33.4 Å². The minimum absolute atomic E-state index is 0.505. The molecule has 0 unspecified atom stereocenters. The summed E-state index contributed by atoms with van der Waals surface area (Å²) in [6.07, 6.45) is 1.64. The van der Waals surface area contributed by atoms with Gasteiger partial charge in [-0.2, -0.15) is 0 Å². The molecule has 7 nitrogen and oxygen atoms in total. The van der Waals surface area contributed by atoms with Gasteiger partial charge in [0.15, 0.2) is 11.5 Å². The molecule has 2 aromatic heterocycles. The lowest BCUT2D eigenvalue weighted by Crippen LogP contribution is -2.15. The van der Waals surface area contributed by atoms with E-state index in [1.54, 1.807) is 22.7 Å². The number of ether oxygens (including phenoxy) is 2. The summed E-state index contributed by atoms with van der Waals surface area (Å²) >= 11 is 5.14. The van der Waals surface area contributed by atoms with Crippen LogP contribution in [0.2, 0.25) is 0 Å². The first-order valence-corrected chi connectivity index (χ1v) is 9.07. The molecule has 0 amide bonds. The Bertz CT molecular complexity index is 837. The molecule has 0 aliphatic carbocycles. The molecule has 3 aromatic rings. The van der Waals surface area contributed by atoms with Crippen LogP contribution >= 0.6 is 27.7 Å². The van der Waals surface area contributed by atoms with Crippen molar-refractivity contribution >= 4 is 27.7 Å². The van der Waals surface area contributed by atoms with Crippen molar-refractivity contribution in [3.05, 3.63) is 46.3 Å². The molecule has 0 saturated carbocycles. The molecule has 0 saturated heterocycles. The number of rotatable bonds is 5. The van der Waals surface area contributed by atoms with Crippen molar-refractivity contribution in [1.82, 2.24) is 20.2 Å². The van der Waals surface area contributed by atoms with Crippen LogP contribution < -0.4 is 9.47 Å². The van der Waals surface area contributed by atoms with E-state index in [1.807, 2.05) is 24.3 Å². The molecule has 0 atom stereocenters. The van der Waals surface area contributed by atoms with E-state index in [2.05, 4.69) is 31.5 Å². The van der Waals surface area contributed by atoms with E-state index in [-0.39, 0.29) is 0 Å². The van der Waals surface area contributed by atoms with Gasteiger partial charge in [-0.15, -0.1) is 5.10 Å². The highest BCUT2D eigenvalue weighted by atomic mass is 79.9. The molecule has 1 aliphatic heterocycles. The van der Waals surface area contributed by atoms with E-state index in [1.165, 1.54) is 0 Å². The number of furan rings is 1. The first kappa shape index (κ1) is 15.5. The maximum Gasteiger partial charge on any atom is 0.210 e. The zero-order valence-electron chi connectivity index (χ0n) is 12.5. The Morgan fingerprint density at radius 1 is 1.21 bits per heavy atom. The van der Waals surface area contributed by atoms with Crippen LogP contribution in [0.15, 0.2) is 44.6 Å². The molecule has 0 spiro atoms. The van der Waals surface area contributed by atoms with Gasteiger partial charge in [-0.3, -0.25) is 0 Å². The molecule has 0 fully saturated rings. The normalized spacial score (nSPS) is 13.2. The smallest absolute Gasteiger partial charge is 0.210 e. The molecule has 3 heterocycles. The summed E-state index contributed by atoms with van der Waals surface area (Å²) in [6.45, 7) is 1.66. The Morgan fingerprint density at radius 3 is 2.83 bits per heavy atom. The molecule has 9 heteroatoms. The number of hydrogen-bond donors (Lipinski definition) is 0. The Kier molecular flexibility index (Phi) is 4.44. The molecule has 1 aromatic carbocycles. The van der Waals surface area contributed by atoms with Gasteiger partial charge in [0.2, 0.25) is 5.16 Å². The maximum atomic E-state index is 5.64. The highest BCUT2D eigenvalue weighted by Gasteiger charge is 2.16. The number of benzene rings is 1. The molecule has 24 heavy (non-hydrogen) atoms. The Hall–Kier alpha value is -2.00. The minimum atomic E-state index is 0.505. The molecule has 0 N–H and O–H groups in total. The summed E-state index contributed by atoms with van der Waals surface area (Å²) in [4.78, 5) is 0. The largest absolute Gasteiger partial charge is 0.486 e. The number of fused-ring (bicyclic) bond motifs is 1. The van der Waals surface area contributed by atoms with Crippen LogP contribution in [0, 0.1) is 0 Å². The summed E-state index contributed by atoms with van der Waals surface area (Å²) in [6, 6.07) is 7.68. The summed E-state index contributed by atoms with van der Waals surface area (Å²) in [7, 11) is 0. The molecule has 0 radical (unpaired) electrons. The van der Waals surface area contributed by atoms with Crippen molar-refractivity contribution in [2.24, 2.45) is 0 Å². The van der Waals surface area contributed by atoms with Crippen LogP contribution in [0.25, 0.3) is 0 Å². The zero-order valence-corrected chi connectivity index (χ0v) is 14.9. The van der Waals surface area contributed by atoms with Crippen LogP contribution in [-0.2, 0) is 12.3 Å². The third kappa shape index (κ3) is 3.27. The van der Waals surface area contributed by atoms with Crippen molar-refractivity contribution in [2.75, 3.05) is 13.2 Å². The Balaban J connectivity index is 1.48. The number of thioether (sulfide) groups is 1. The third-order valence-electron chi connectivity index (χ3n) is 3.45. The molecule has 0 bridgehead atoms. The highest BCUT2D eigenvalue weighted by molar-refractivity contribution is 9.10. The Morgan fingerprint density at radius 2 is 2.04 bits per heavy atom. The van der Waals surface area contributed by atoms with Gasteiger partial charge >= 0.3 is 0 Å². The number of aromatic nitrogens is 4. The van der Waals surface area contributed by atoms with Crippen molar-refractivity contribution in [2.45, 2.75) is 17.5 Å². The number of nitrogens with zero attached hydrogens (tertiary/aromatic N) is 4. The molecule has 4 rings (SSSR count). The first-order valence-electron chi connectivity index (χ1n) is 7.29. The van der Waals surface area contributed by atoms with Crippen molar-refractivity contribution < 1.29 is 13.9 Å². The van der Waals surface area contributed by atoms with Gasteiger partial charge in [0.25, 0.3) is 0 Å². The summed E-state index contributed by atoms with van der Waals surface area (Å²) in [5.41, 5.74) is 1.09. The Labute approximate surface area is 150 Å². The second-order valence-corrected chi connectivity index (χ2v) is 6.87. The molecular formula is C15H13BrN4O3S. The van der Waals surface area contributed by atoms with Gasteiger partial charge < -0.3 is 13.9 Å².